The quantitative estimate of drug-likeness (QED) is 0.664. The van der Waals surface area contributed by atoms with Crippen molar-refractivity contribution in [2.75, 3.05) is 0 Å². The molecule has 2 rings (SSSR count). The molecule has 0 spiro atoms. The lowest BCUT2D eigenvalue weighted by atomic mass is 10.2. The van der Waals surface area contributed by atoms with Gasteiger partial charge in [0.2, 0.25) is 0 Å². The summed E-state index contributed by atoms with van der Waals surface area (Å²) in [7, 11) is 0. The molecule has 0 atom stereocenters. The zero-order valence-electron chi connectivity index (χ0n) is 7.34. The van der Waals surface area contributed by atoms with Crippen LogP contribution < -0.4 is 11.4 Å². The Kier molecular flexibility index (Phi) is 2.11. The van der Waals surface area contributed by atoms with Crippen LogP contribution >= 0.6 is 0 Å². The van der Waals surface area contributed by atoms with E-state index in [0.717, 1.165) is 5.56 Å². The summed E-state index contributed by atoms with van der Waals surface area (Å²) in [5.41, 5.74) is 6.67. The number of nitrogens with zero attached hydrogens (tertiary/aromatic N) is 3. The second-order valence-electron chi connectivity index (χ2n) is 2.75. The standard InChI is InChI=1S/C8H9N5O/c9-5-6-3-1-2-4-7(6)13-8(14)10-11-12-13/h1-4H,5,9H2,(H,10,12,14). The van der Waals surface area contributed by atoms with Crippen LogP contribution in [-0.4, -0.2) is 20.2 Å². The van der Waals surface area contributed by atoms with Gasteiger partial charge in [0, 0.05) is 6.54 Å². The van der Waals surface area contributed by atoms with Gasteiger partial charge in [-0.2, -0.15) is 4.68 Å². The first-order chi connectivity index (χ1) is 6.83. The highest BCUT2D eigenvalue weighted by atomic mass is 16.2. The summed E-state index contributed by atoms with van der Waals surface area (Å²) in [5.74, 6) is 0. The summed E-state index contributed by atoms with van der Waals surface area (Å²) in [5, 5.41) is 9.27. The van der Waals surface area contributed by atoms with Gasteiger partial charge in [-0.25, -0.2) is 9.89 Å². The first-order valence-electron chi connectivity index (χ1n) is 4.11. The summed E-state index contributed by atoms with van der Waals surface area (Å²) in [6, 6.07) is 7.29. The van der Waals surface area contributed by atoms with Crippen molar-refractivity contribution in [3.63, 3.8) is 0 Å². The lowest BCUT2D eigenvalue weighted by Gasteiger charge is -2.03. The molecule has 0 saturated carbocycles. The van der Waals surface area contributed by atoms with Crippen molar-refractivity contribution < 1.29 is 0 Å². The van der Waals surface area contributed by atoms with Crippen LogP contribution in [0.3, 0.4) is 0 Å². The van der Waals surface area contributed by atoms with Gasteiger partial charge in [-0.15, -0.1) is 0 Å². The molecule has 3 N–H and O–H groups in total. The molecule has 2 aromatic rings. The summed E-state index contributed by atoms with van der Waals surface area (Å²) in [6.07, 6.45) is 0. The van der Waals surface area contributed by atoms with Crippen molar-refractivity contribution >= 4 is 0 Å². The Balaban J connectivity index is 2.62. The highest BCUT2D eigenvalue weighted by Crippen LogP contribution is 2.09. The van der Waals surface area contributed by atoms with Crippen molar-refractivity contribution in [3.8, 4) is 5.69 Å². The van der Waals surface area contributed by atoms with Crippen molar-refractivity contribution in [1.82, 2.24) is 20.2 Å². The van der Waals surface area contributed by atoms with Gasteiger partial charge in [-0.1, -0.05) is 18.2 Å². The molecule has 1 aromatic heterocycles. The molecule has 0 aliphatic rings. The van der Waals surface area contributed by atoms with Crippen molar-refractivity contribution in [2.24, 2.45) is 5.73 Å². The van der Waals surface area contributed by atoms with Gasteiger partial charge in [-0.05, 0) is 22.1 Å². The number of para-hydroxylation sites is 1. The number of hydrogen-bond donors (Lipinski definition) is 2. The number of tetrazole rings is 1. The number of H-pyrrole nitrogens is 1. The smallest absolute Gasteiger partial charge is 0.326 e. The Morgan fingerprint density at radius 3 is 2.86 bits per heavy atom. The molecule has 0 aliphatic heterocycles. The van der Waals surface area contributed by atoms with Gasteiger partial charge < -0.3 is 5.73 Å². The molecular weight excluding hydrogens is 182 g/mol. The zero-order chi connectivity index (χ0) is 9.97. The fraction of sp³-hybridized carbons (Fsp3) is 0.125. The number of hydrogen-bond acceptors (Lipinski definition) is 4. The van der Waals surface area contributed by atoms with Crippen LogP contribution in [-0.2, 0) is 6.54 Å². The lowest BCUT2D eigenvalue weighted by molar-refractivity contribution is 0.770. The summed E-state index contributed by atoms with van der Waals surface area (Å²) in [4.78, 5) is 11.2. The van der Waals surface area contributed by atoms with E-state index in [0.29, 0.717) is 12.2 Å². The first-order valence-corrected chi connectivity index (χ1v) is 4.11. The minimum atomic E-state index is -0.370. The number of benzene rings is 1. The topological polar surface area (TPSA) is 89.6 Å². The second-order valence-corrected chi connectivity index (χ2v) is 2.75. The Labute approximate surface area is 79.3 Å². The average molecular weight is 191 g/mol. The Hall–Kier alpha value is -1.95. The molecule has 0 radical (unpaired) electrons. The molecule has 1 aromatic carbocycles. The summed E-state index contributed by atoms with van der Waals surface area (Å²) >= 11 is 0. The maximum absolute atomic E-state index is 11.2. The van der Waals surface area contributed by atoms with E-state index < -0.39 is 0 Å². The van der Waals surface area contributed by atoms with Gasteiger partial charge in [0.15, 0.2) is 0 Å². The number of nitrogens with one attached hydrogen (secondary N) is 1. The molecule has 0 unspecified atom stereocenters. The van der Waals surface area contributed by atoms with Crippen LogP contribution in [0.15, 0.2) is 29.1 Å². The predicted octanol–water partition coefficient (Wildman–Crippen LogP) is -0.586. The summed E-state index contributed by atoms with van der Waals surface area (Å²) in [6.45, 7) is 0.357. The minimum Gasteiger partial charge on any atom is -0.326 e. The van der Waals surface area contributed by atoms with Gasteiger partial charge in [-0.3, -0.25) is 0 Å². The summed E-state index contributed by atoms with van der Waals surface area (Å²) < 4.78 is 1.18. The Morgan fingerprint density at radius 1 is 1.43 bits per heavy atom. The van der Waals surface area contributed by atoms with Crippen molar-refractivity contribution in [1.29, 1.82) is 0 Å². The normalized spacial score (nSPS) is 10.4. The lowest BCUT2D eigenvalue weighted by Crippen LogP contribution is -2.18. The number of rotatable bonds is 2. The maximum Gasteiger partial charge on any atom is 0.365 e. The average Bonchev–Trinajstić information content (AvgIpc) is 2.64. The maximum atomic E-state index is 11.2. The van der Waals surface area contributed by atoms with E-state index in [1.54, 1.807) is 6.07 Å². The largest absolute Gasteiger partial charge is 0.365 e. The van der Waals surface area contributed by atoms with Crippen LogP contribution in [0.5, 0.6) is 0 Å². The number of aromatic nitrogens is 4. The molecule has 0 fully saturated rings. The minimum absolute atomic E-state index is 0.357. The van der Waals surface area contributed by atoms with Crippen molar-refractivity contribution in [3.05, 3.63) is 40.3 Å². The van der Waals surface area contributed by atoms with Gasteiger partial charge >= 0.3 is 5.69 Å². The van der Waals surface area contributed by atoms with E-state index in [1.807, 2.05) is 18.2 Å². The molecular formula is C8H9N5O. The SMILES string of the molecule is NCc1ccccc1-n1nn[nH]c1=O. The molecule has 0 amide bonds. The third-order valence-corrected chi connectivity index (χ3v) is 1.91. The van der Waals surface area contributed by atoms with E-state index in [-0.39, 0.29) is 5.69 Å². The molecule has 0 bridgehead atoms. The fourth-order valence-electron chi connectivity index (χ4n) is 1.25. The van der Waals surface area contributed by atoms with E-state index >= 15 is 0 Å². The van der Waals surface area contributed by atoms with Crippen LogP contribution in [0.25, 0.3) is 5.69 Å². The van der Waals surface area contributed by atoms with E-state index in [4.69, 9.17) is 5.73 Å². The zero-order valence-corrected chi connectivity index (χ0v) is 7.34. The monoisotopic (exact) mass is 191 g/mol. The van der Waals surface area contributed by atoms with Gasteiger partial charge in [0.1, 0.15) is 0 Å². The van der Waals surface area contributed by atoms with Crippen LogP contribution in [0, 0.1) is 0 Å². The van der Waals surface area contributed by atoms with Gasteiger partial charge in [0.25, 0.3) is 0 Å². The van der Waals surface area contributed by atoms with E-state index in [1.165, 1.54) is 4.68 Å². The molecule has 14 heavy (non-hydrogen) atoms. The molecule has 1 heterocycles. The van der Waals surface area contributed by atoms with Gasteiger partial charge in [0.05, 0.1) is 5.69 Å². The fourth-order valence-corrected chi connectivity index (χ4v) is 1.25. The molecule has 0 aliphatic carbocycles. The van der Waals surface area contributed by atoms with Crippen LogP contribution in [0.4, 0.5) is 0 Å². The number of nitrogens with two attached hydrogens (primary N) is 1. The van der Waals surface area contributed by atoms with E-state index in [2.05, 4.69) is 15.5 Å². The van der Waals surface area contributed by atoms with Crippen LogP contribution in [0.1, 0.15) is 5.56 Å². The van der Waals surface area contributed by atoms with E-state index in [9.17, 15) is 4.79 Å². The number of aromatic amines is 1. The Bertz CT molecular complexity index is 486. The predicted molar refractivity (Wildman–Crippen MR) is 49.9 cm³/mol. The molecule has 6 heteroatoms. The highest BCUT2D eigenvalue weighted by molar-refractivity contribution is 5.39. The molecule has 72 valence electrons. The Morgan fingerprint density at radius 2 is 2.21 bits per heavy atom. The molecule has 0 saturated heterocycles. The van der Waals surface area contributed by atoms with Crippen molar-refractivity contribution in [2.45, 2.75) is 6.54 Å². The van der Waals surface area contributed by atoms with Crippen LogP contribution in [0.2, 0.25) is 0 Å². The molecule has 6 nitrogen and oxygen atoms in total. The highest BCUT2D eigenvalue weighted by Gasteiger charge is 2.06. The third-order valence-electron chi connectivity index (χ3n) is 1.91. The second kappa shape index (κ2) is 3.43. The third kappa shape index (κ3) is 1.31. The first kappa shape index (κ1) is 8.64.